The zero-order valence-corrected chi connectivity index (χ0v) is 38.8. The quantitative estimate of drug-likeness (QED) is 0.0643. The second kappa shape index (κ2) is 25.3. The smallest absolute Gasteiger partial charge is 0.217 e. The van der Waals surface area contributed by atoms with E-state index in [4.69, 9.17) is 52.1 Å². The molecule has 19 N–H and O–H groups in total. The van der Waals surface area contributed by atoms with Crippen molar-refractivity contribution in [3.05, 3.63) is 0 Å². The van der Waals surface area contributed by atoms with Crippen LogP contribution in [0.15, 0.2) is 0 Å². The Balaban J connectivity index is 1.26. The summed E-state index contributed by atoms with van der Waals surface area (Å²) in [6.07, 6.45) is -51.4. The van der Waals surface area contributed by atoms with Gasteiger partial charge in [-0.3, -0.25) is 9.59 Å². The van der Waals surface area contributed by atoms with Gasteiger partial charge in [0.2, 0.25) is 11.8 Å². The van der Waals surface area contributed by atoms with Crippen LogP contribution in [0, 0.1) is 0 Å². The third kappa shape index (κ3) is 12.8. The summed E-state index contributed by atoms with van der Waals surface area (Å²) in [5, 5.41) is 186. The molecule has 6 aliphatic heterocycles. The molecule has 6 saturated heterocycles. The van der Waals surface area contributed by atoms with Crippen LogP contribution in [0.2, 0.25) is 0 Å². The number of carbonyl (C=O) groups is 2. The van der Waals surface area contributed by atoms with Crippen LogP contribution in [-0.2, 0) is 61.7 Å². The predicted octanol–water partition coefficient (Wildman–Crippen LogP) is -12.8. The molecule has 6 fully saturated rings. The molecule has 0 spiro atoms. The summed E-state index contributed by atoms with van der Waals surface area (Å²) in [5.41, 5.74) is 0. The van der Waals surface area contributed by atoms with Crippen molar-refractivity contribution in [2.45, 2.75) is 205 Å². The van der Waals surface area contributed by atoms with Crippen LogP contribution in [0.3, 0.4) is 0 Å². The first kappa shape index (κ1) is 59.1. The van der Waals surface area contributed by atoms with E-state index < -0.39 is 229 Å². The van der Waals surface area contributed by atoms with Crippen molar-refractivity contribution in [2.24, 2.45) is 0 Å². The molecule has 4 unspecified atom stereocenters. The second-order valence-electron chi connectivity index (χ2n) is 18.3. The number of amides is 2. The number of nitrogens with one attached hydrogen (secondary N) is 2. The van der Waals surface area contributed by atoms with Crippen LogP contribution in [0.5, 0.6) is 0 Å². The van der Waals surface area contributed by atoms with Crippen LogP contribution in [0.1, 0.15) is 20.8 Å². The molecule has 30 atom stereocenters. The Kier molecular flexibility index (Phi) is 20.8. The van der Waals surface area contributed by atoms with Gasteiger partial charge < -0.3 is 150 Å². The minimum atomic E-state index is -2.23. The van der Waals surface area contributed by atoms with Crippen LogP contribution in [0.25, 0.3) is 0 Å². The van der Waals surface area contributed by atoms with Crippen molar-refractivity contribution in [1.82, 2.24) is 10.6 Å². The number of ether oxygens (including phenoxy) is 11. The van der Waals surface area contributed by atoms with E-state index in [1.807, 2.05) is 0 Å². The molecule has 0 bridgehead atoms. The predicted molar refractivity (Wildman–Crippen MR) is 221 cm³/mol. The third-order valence-electron chi connectivity index (χ3n) is 13.2. The first-order valence-corrected chi connectivity index (χ1v) is 23.0. The molecule has 32 heteroatoms. The van der Waals surface area contributed by atoms with Gasteiger partial charge in [-0.15, -0.1) is 0 Å². The molecular formula is C40H68N2O30. The lowest BCUT2D eigenvalue weighted by Crippen LogP contribution is -2.70. The van der Waals surface area contributed by atoms with Crippen molar-refractivity contribution in [2.75, 3.05) is 33.0 Å². The first-order valence-electron chi connectivity index (χ1n) is 23.0. The Morgan fingerprint density at radius 2 is 0.792 bits per heavy atom. The summed E-state index contributed by atoms with van der Waals surface area (Å²) < 4.78 is 62.8. The van der Waals surface area contributed by atoms with Gasteiger partial charge in [-0.2, -0.15) is 0 Å². The fourth-order valence-corrected chi connectivity index (χ4v) is 9.06. The lowest BCUT2D eigenvalue weighted by molar-refractivity contribution is -0.384. The minimum absolute atomic E-state index is 0.728. The van der Waals surface area contributed by atoms with Gasteiger partial charge in [-0.1, -0.05) is 0 Å². The fourth-order valence-electron chi connectivity index (χ4n) is 9.06. The Hall–Kier alpha value is -2.18. The molecule has 6 heterocycles. The maximum atomic E-state index is 12.7. The van der Waals surface area contributed by atoms with Gasteiger partial charge in [-0.05, 0) is 6.92 Å². The van der Waals surface area contributed by atoms with E-state index in [9.17, 15) is 96.4 Å². The average molecular weight is 1060 g/mol. The van der Waals surface area contributed by atoms with Gasteiger partial charge in [0.05, 0.1) is 39.1 Å². The van der Waals surface area contributed by atoms with E-state index >= 15 is 0 Å². The normalized spacial score (nSPS) is 50.3. The molecule has 6 rings (SSSR count). The van der Waals surface area contributed by atoms with Gasteiger partial charge in [0, 0.05) is 13.8 Å². The third-order valence-corrected chi connectivity index (χ3v) is 13.2. The summed E-state index contributed by atoms with van der Waals surface area (Å²) in [6.45, 7) is -1.00. The highest BCUT2D eigenvalue weighted by molar-refractivity contribution is 5.73. The molecular weight excluding hydrogens is 988 g/mol. The summed E-state index contributed by atoms with van der Waals surface area (Å²) in [7, 11) is 0. The van der Waals surface area contributed by atoms with Gasteiger partial charge in [0.15, 0.2) is 37.7 Å². The minimum Gasteiger partial charge on any atom is -0.394 e. The molecule has 0 aromatic carbocycles. The monoisotopic (exact) mass is 1060 g/mol. The van der Waals surface area contributed by atoms with Crippen molar-refractivity contribution in [1.29, 1.82) is 0 Å². The van der Waals surface area contributed by atoms with Gasteiger partial charge in [0.25, 0.3) is 0 Å². The van der Waals surface area contributed by atoms with E-state index in [1.54, 1.807) is 0 Å². The van der Waals surface area contributed by atoms with E-state index in [0.29, 0.717) is 0 Å². The first-order chi connectivity index (χ1) is 33.9. The fraction of sp³-hybridized carbons (Fsp3) is 0.950. The standard InChI is InChI=1S/C40H68N2O30/c1-9-19(48)25(54)28(57)37(64-9)63-8-16-33(23(52)17(35(61)65-16)41-10(2)46)70-36-18(42-11(3)47)24(53)32(14(6-45)68-36)71-40-31(60)34(72-39-30(59)27(56)21(50)13(5-44)67-39)22(51)15(69-40)7-62-38-29(58)26(55)20(49)12(4-43)66-38/h9,12-40,43-45,48-61H,4-8H2,1-3H3,(H,41,46)(H,42,47)/t9-,12+,13+,14+,15+,16+,17+,18+,19+,20+,21+,22+,23+,24+,25+,26-,27-,28-,29-,30-,31-,32+,33+,34-,35+,36?,37+,38?,39?,40?/m0/s1. The highest BCUT2D eigenvalue weighted by Gasteiger charge is 2.57. The number of rotatable bonds is 17. The van der Waals surface area contributed by atoms with Crippen LogP contribution < -0.4 is 10.6 Å². The highest BCUT2D eigenvalue weighted by Crippen LogP contribution is 2.36. The summed E-state index contributed by atoms with van der Waals surface area (Å²) in [6, 6.07) is -3.40. The van der Waals surface area contributed by atoms with Crippen LogP contribution in [-0.4, -0.2) is 316 Å². The Bertz CT molecular complexity index is 1730. The summed E-state index contributed by atoms with van der Waals surface area (Å²) >= 11 is 0. The summed E-state index contributed by atoms with van der Waals surface area (Å²) in [5.74, 6) is -1.60. The van der Waals surface area contributed by atoms with E-state index in [0.717, 1.165) is 13.8 Å². The Morgan fingerprint density at radius 3 is 1.35 bits per heavy atom. The van der Waals surface area contributed by atoms with Gasteiger partial charge in [0.1, 0.15) is 140 Å². The van der Waals surface area contributed by atoms with Crippen molar-refractivity contribution < 1.29 is 149 Å². The Morgan fingerprint density at radius 1 is 0.389 bits per heavy atom. The zero-order chi connectivity index (χ0) is 53.2. The lowest BCUT2D eigenvalue weighted by Gasteiger charge is -2.50. The van der Waals surface area contributed by atoms with Gasteiger partial charge >= 0.3 is 0 Å². The number of hydrogen-bond acceptors (Lipinski definition) is 30. The number of aliphatic hydroxyl groups excluding tert-OH is 17. The molecule has 0 saturated carbocycles. The second-order valence-corrected chi connectivity index (χ2v) is 18.3. The molecule has 0 radical (unpaired) electrons. The molecule has 0 aromatic heterocycles. The number of carbonyl (C=O) groups excluding carboxylic acids is 2. The largest absolute Gasteiger partial charge is 0.394 e. The number of aliphatic hydroxyl groups is 17. The number of hydrogen-bond donors (Lipinski definition) is 19. The van der Waals surface area contributed by atoms with E-state index in [2.05, 4.69) is 10.6 Å². The molecule has 0 aromatic rings. The molecule has 6 aliphatic rings. The van der Waals surface area contributed by atoms with E-state index in [-0.39, 0.29) is 0 Å². The molecule has 72 heavy (non-hydrogen) atoms. The van der Waals surface area contributed by atoms with Crippen LogP contribution in [0.4, 0.5) is 0 Å². The molecule has 0 aliphatic carbocycles. The maximum Gasteiger partial charge on any atom is 0.217 e. The van der Waals surface area contributed by atoms with Gasteiger partial charge in [-0.25, -0.2) is 0 Å². The van der Waals surface area contributed by atoms with Crippen molar-refractivity contribution >= 4 is 11.8 Å². The SMILES string of the molecule is CC(=O)N[C@@H]1[C@@H](O)[C@H](OC2O[C@H](CO)[C@@H](OC3O[C@H](COC4O[C@H](CO)[C@@H](O)[C@H](O)[C@@H]4O)[C@@H](O)[C@H](OC4O[C@H](CO)[C@@H](O)[C@H](O)[C@@H]4O)[C@@H]3O)[C@H](O)[C@H]2NC(C)=O)[C@@H](CO[C@@H]2O[C@@H](C)[C@@H](O)[C@@H](O)[C@@H]2O)O[C@H]1O. The summed E-state index contributed by atoms with van der Waals surface area (Å²) in [4.78, 5) is 24.8. The lowest BCUT2D eigenvalue weighted by atomic mass is 9.94. The van der Waals surface area contributed by atoms with Crippen molar-refractivity contribution in [3.63, 3.8) is 0 Å². The van der Waals surface area contributed by atoms with E-state index in [1.165, 1.54) is 6.92 Å². The van der Waals surface area contributed by atoms with Crippen LogP contribution >= 0.6 is 0 Å². The zero-order valence-electron chi connectivity index (χ0n) is 38.8. The van der Waals surface area contributed by atoms with Crippen molar-refractivity contribution in [3.8, 4) is 0 Å². The molecule has 32 nitrogen and oxygen atoms in total. The maximum absolute atomic E-state index is 12.7. The molecule has 418 valence electrons. The molecule has 2 amide bonds. The Labute approximate surface area is 408 Å². The average Bonchev–Trinajstić information content (AvgIpc) is 3.34. The highest BCUT2D eigenvalue weighted by atomic mass is 16.8. The topological polar surface area (TPSA) is 504 Å².